The Morgan fingerprint density at radius 3 is 2.37 bits per heavy atom. The molecule has 0 spiro atoms. The lowest BCUT2D eigenvalue weighted by Crippen LogP contribution is -2.44. The molecule has 1 N–H and O–H groups in total. The lowest BCUT2D eigenvalue weighted by atomic mass is 10.2. The average molecular weight is 426 g/mol. The van der Waals surface area contributed by atoms with Crippen molar-refractivity contribution in [3.05, 3.63) is 65.2 Å². The van der Waals surface area contributed by atoms with Crippen LogP contribution >= 0.6 is 24.0 Å². The van der Waals surface area contributed by atoms with Crippen LogP contribution in [0.1, 0.15) is 5.56 Å². The number of nitrogens with one attached hydrogen (secondary N) is 1. The van der Waals surface area contributed by atoms with Gasteiger partial charge >= 0.3 is 0 Å². The third-order valence-corrected chi connectivity index (χ3v) is 6.52. The van der Waals surface area contributed by atoms with Crippen molar-refractivity contribution in [1.29, 1.82) is 0 Å². The third kappa shape index (κ3) is 4.09. The van der Waals surface area contributed by atoms with Crippen LogP contribution in [0.25, 0.3) is 10.9 Å². The van der Waals surface area contributed by atoms with E-state index in [9.17, 15) is 8.42 Å². The maximum Gasteiger partial charge on any atom is 0.244 e. The van der Waals surface area contributed by atoms with Gasteiger partial charge in [0.05, 0.1) is 11.3 Å². The van der Waals surface area contributed by atoms with E-state index in [0.717, 1.165) is 48.5 Å². The molecule has 1 saturated heterocycles. The number of aromatic nitrogens is 1. The minimum Gasteiger partial charge on any atom is -0.355 e. The molecule has 0 atom stereocenters. The number of nitrogens with zero attached hydrogens (tertiary/aromatic N) is 2. The number of fused-ring (bicyclic) bond motifs is 1. The summed E-state index contributed by atoms with van der Waals surface area (Å²) in [4.78, 5) is 2.13. The van der Waals surface area contributed by atoms with E-state index in [1.807, 2.05) is 30.3 Å². The minimum absolute atomic E-state index is 0. The molecule has 0 amide bonds. The normalized spacial score (nSPS) is 14.9. The van der Waals surface area contributed by atoms with Crippen LogP contribution in [-0.2, 0) is 15.8 Å². The molecule has 2 aromatic carbocycles. The molecule has 0 unspecified atom stereocenters. The van der Waals surface area contributed by atoms with Gasteiger partial charge in [-0.25, -0.2) is 12.4 Å². The second kappa shape index (κ2) is 8.10. The molecule has 1 aliphatic heterocycles. The molecule has 0 saturated carbocycles. The zero-order valence-corrected chi connectivity index (χ0v) is 17.0. The second-order valence-electron chi connectivity index (χ2n) is 6.45. The average Bonchev–Trinajstić information content (AvgIpc) is 3.05. The smallest absolute Gasteiger partial charge is 0.244 e. The summed E-state index contributed by atoms with van der Waals surface area (Å²) in [6.45, 7) is 3.26. The maximum atomic E-state index is 13.3. The molecule has 5 nitrogen and oxygen atoms in total. The SMILES string of the molecule is Cl.O=S(=O)(Cc1ccc(Cl)cc1)n1c(N2CCNCC2)cc2ccccc21. The Bertz CT molecular complexity index is 1030. The van der Waals surface area contributed by atoms with Crippen LogP contribution in [0.2, 0.25) is 5.02 Å². The fourth-order valence-corrected chi connectivity index (χ4v) is 5.17. The van der Waals surface area contributed by atoms with Crippen LogP contribution in [-0.4, -0.2) is 38.6 Å². The molecule has 1 aliphatic rings. The third-order valence-electron chi connectivity index (χ3n) is 4.63. The van der Waals surface area contributed by atoms with Gasteiger partial charge in [0.15, 0.2) is 0 Å². The van der Waals surface area contributed by atoms with Crippen molar-refractivity contribution in [3.63, 3.8) is 0 Å². The first-order valence-corrected chi connectivity index (χ1v) is 10.6. The van der Waals surface area contributed by atoms with Gasteiger partial charge in [-0.1, -0.05) is 41.9 Å². The molecule has 0 radical (unpaired) electrons. The van der Waals surface area contributed by atoms with Crippen LogP contribution in [0.3, 0.4) is 0 Å². The first-order chi connectivity index (χ1) is 12.5. The Balaban J connectivity index is 0.00000210. The van der Waals surface area contributed by atoms with E-state index in [1.54, 1.807) is 24.3 Å². The number of piperazine rings is 1. The summed E-state index contributed by atoms with van der Waals surface area (Å²) in [7, 11) is -3.58. The van der Waals surface area contributed by atoms with Crippen LogP contribution in [0.4, 0.5) is 5.82 Å². The highest BCUT2D eigenvalue weighted by molar-refractivity contribution is 7.89. The Kier molecular flexibility index (Phi) is 6.01. The molecule has 0 aliphatic carbocycles. The van der Waals surface area contributed by atoms with E-state index < -0.39 is 10.0 Å². The van der Waals surface area contributed by atoms with E-state index in [4.69, 9.17) is 11.6 Å². The monoisotopic (exact) mass is 425 g/mol. The highest BCUT2D eigenvalue weighted by Crippen LogP contribution is 2.30. The Labute approximate surface area is 170 Å². The topological polar surface area (TPSA) is 54.3 Å². The van der Waals surface area contributed by atoms with Crippen molar-refractivity contribution >= 4 is 50.8 Å². The first kappa shape index (κ1) is 20.0. The second-order valence-corrected chi connectivity index (χ2v) is 8.70. The van der Waals surface area contributed by atoms with Crippen LogP contribution in [0.15, 0.2) is 54.6 Å². The molecule has 3 aromatic rings. The predicted octanol–water partition coefficient (Wildman–Crippen LogP) is 3.50. The maximum absolute atomic E-state index is 13.3. The van der Waals surface area contributed by atoms with Gasteiger partial charge in [0.2, 0.25) is 10.0 Å². The van der Waals surface area contributed by atoms with Crippen molar-refractivity contribution in [3.8, 4) is 0 Å². The molecule has 1 aromatic heterocycles. The molecule has 27 heavy (non-hydrogen) atoms. The van der Waals surface area contributed by atoms with Crippen LogP contribution in [0.5, 0.6) is 0 Å². The number of hydrogen-bond acceptors (Lipinski definition) is 4. The van der Waals surface area contributed by atoms with Gasteiger partial charge in [-0.05, 0) is 29.8 Å². The van der Waals surface area contributed by atoms with Gasteiger partial charge in [-0.2, -0.15) is 0 Å². The van der Waals surface area contributed by atoms with Crippen molar-refractivity contribution in [2.45, 2.75) is 5.75 Å². The predicted molar refractivity (Wildman–Crippen MR) is 114 cm³/mol. The summed E-state index contributed by atoms with van der Waals surface area (Å²) >= 11 is 5.92. The molecule has 1 fully saturated rings. The van der Waals surface area contributed by atoms with Gasteiger partial charge in [0.25, 0.3) is 0 Å². The highest BCUT2D eigenvalue weighted by atomic mass is 35.5. The largest absolute Gasteiger partial charge is 0.355 e. The van der Waals surface area contributed by atoms with E-state index >= 15 is 0 Å². The zero-order valence-electron chi connectivity index (χ0n) is 14.6. The van der Waals surface area contributed by atoms with Gasteiger partial charge in [-0.3, -0.25) is 0 Å². The number of halogens is 2. The Morgan fingerprint density at radius 1 is 1.00 bits per heavy atom. The fraction of sp³-hybridized carbons (Fsp3) is 0.263. The van der Waals surface area contributed by atoms with Gasteiger partial charge < -0.3 is 10.2 Å². The van der Waals surface area contributed by atoms with Gasteiger partial charge in [0.1, 0.15) is 5.82 Å². The molecule has 2 heterocycles. The van der Waals surface area contributed by atoms with Gasteiger partial charge in [0, 0.05) is 36.6 Å². The van der Waals surface area contributed by atoms with Crippen molar-refractivity contribution in [2.24, 2.45) is 0 Å². The standard InChI is InChI=1S/C19H20ClN3O2S.ClH/c20-17-7-5-15(6-8-17)14-26(24,25)23-18-4-2-1-3-16(18)13-19(23)22-11-9-21-10-12-22;/h1-8,13,21H,9-12,14H2;1H. The summed E-state index contributed by atoms with van der Waals surface area (Å²) in [6, 6.07) is 16.6. The first-order valence-electron chi connectivity index (χ1n) is 8.58. The molecule has 0 bridgehead atoms. The lowest BCUT2D eigenvalue weighted by molar-refractivity contribution is 0.572. The highest BCUT2D eigenvalue weighted by Gasteiger charge is 2.25. The summed E-state index contributed by atoms with van der Waals surface area (Å²) in [5.74, 6) is 0.670. The van der Waals surface area contributed by atoms with Gasteiger partial charge in [-0.15, -0.1) is 12.4 Å². The summed E-state index contributed by atoms with van der Waals surface area (Å²) < 4.78 is 28.1. The summed E-state index contributed by atoms with van der Waals surface area (Å²) in [5.41, 5.74) is 1.44. The zero-order chi connectivity index (χ0) is 18.1. The molecular weight excluding hydrogens is 405 g/mol. The van der Waals surface area contributed by atoms with Crippen molar-refractivity contribution < 1.29 is 8.42 Å². The number of hydrogen-bond donors (Lipinski definition) is 1. The Hall–Kier alpha value is -1.73. The number of anilines is 1. The summed E-state index contributed by atoms with van der Waals surface area (Å²) in [6.07, 6.45) is 0. The Morgan fingerprint density at radius 2 is 1.67 bits per heavy atom. The van der Waals surface area contributed by atoms with E-state index in [2.05, 4.69) is 10.2 Å². The molecule has 144 valence electrons. The van der Waals surface area contributed by atoms with Crippen LogP contribution in [0, 0.1) is 0 Å². The van der Waals surface area contributed by atoms with Crippen molar-refractivity contribution in [1.82, 2.24) is 9.29 Å². The van der Waals surface area contributed by atoms with E-state index in [0.29, 0.717) is 5.02 Å². The quantitative estimate of drug-likeness (QED) is 0.694. The van der Waals surface area contributed by atoms with Crippen LogP contribution < -0.4 is 10.2 Å². The molecular formula is C19H21Cl2N3O2S. The van der Waals surface area contributed by atoms with E-state index in [1.165, 1.54) is 3.97 Å². The lowest BCUT2D eigenvalue weighted by Gasteiger charge is -2.30. The summed E-state index contributed by atoms with van der Waals surface area (Å²) in [5, 5.41) is 4.84. The molecule has 4 rings (SSSR count). The van der Waals surface area contributed by atoms with Crippen molar-refractivity contribution in [2.75, 3.05) is 31.1 Å². The number of rotatable bonds is 4. The van der Waals surface area contributed by atoms with E-state index in [-0.39, 0.29) is 18.2 Å². The number of para-hydroxylation sites is 1. The minimum atomic E-state index is -3.58. The number of benzene rings is 2. The fourth-order valence-electron chi connectivity index (χ4n) is 3.38. The molecule has 8 heteroatoms.